The number of aryl methyl sites for hydroxylation is 1. The van der Waals surface area contributed by atoms with E-state index in [1.807, 2.05) is 6.07 Å². The highest BCUT2D eigenvalue weighted by molar-refractivity contribution is 5.30. The quantitative estimate of drug-likeness (QED) is 0.777. The minimum atomic E-state index is 0.375. The van der Waals surface area contributed by atoms with Crippen molar-refractivity contribution < 1.29 is 4.74 Å². The SMILES string of the molecule is CCCNC(CCc1ccccc1)c1cccc(OC)c1. The molecule has 2 nitrogen and oxygen atoms in total. The van der Waals surface area contributed by atoms with Gasteiger partial charge in [-0.3, -0.25) is 0 Å². The van der Waals surface area contributed by atoms with Crippen LogP contribution in [0, 0.1) is 0 Å². The first kappa shape index (κ1) is 15.6. The van der Waals surface area contributed by atoms with Gasteiger partial charge in [-0.25, -0.2) is 0 Å². The highest BCUT2D eigenvalue weighted by Crippen LogP contribution is 2.23. The molecule has 1 N–H and O–H groups in total. The van der Waals surface area contributed by atoms with Crippen LogP contribution in [-0.2, 0) is 6.42 Å². The molecule has 2 heteroatoms. The van der Waals surface area contributed by atoms with E-state index in [2.05, 4.69) is 60.8 Å². The standard InChI is InChI=1S/C19H25NO/c1-3-14-20-19(13-12-16-8-5-4-6-9-16)17-10-7-11-18(15-17)21-2/h4-11,15,19-20H,3,12-14H2,1-2H3. The van der Waals surface area contributed by atoms with E-state index in [-0.39, 0.29) is 0 Å². The van der Waals surface area contributed by atoms with E-state index in [1.54, 1.807) is 7.11 Å². The lowest BCUT2D eigenvalue weighted by Gasteiger charge is -2.19. The molecule has 0 aromatic heterocycles. The van der Waals surface area contributed by atoms with Crippen LogP contribution in [0.5, 0.6) is 5.75 Å². The molecular weight excluding hydrogens is 258 g/mol. The van der Waals surface area contributed by atoms with Crippen molar-refractivity contribution in [3.05, 3.63) is 65.7 Å². The van der Waals surface area contributed by atoms with Gasteiger partial charge in [-0.15, -0.1) is 0 Å². The summed E-state index contributed by atoms with van der Waals surface area (Å²) in [6, 6.07) is 19.4. The first-order chi connectivity index (χ1) is 10.3. The van der Waals surface area contributed by atoms with Crippen LogP contribution in [0.3, 0.4) is 0 Å². The topological polar surface area (TPSA) is 21.3 Å². The molecule has 0 aliphatic rings. The van der Waals surface area contributed by atoms with Gasteiger partial charge in [0, 0.05) is 6.04 Å². The molecule has 0 aliphatic carbocycles. The van der Waals surface area contributed by atoms with Crippen molar-refractivity contribution in [2.24, 2.45) is 0 Å². The maximum absolute atomic E-state index is 5.34. The Kier molecular flexibility index (Phi) is 6.29. The molecule has 0 heterocycles. The number of methoxy groups -OCH3 is 1. The molecule has 0 radical (unpaired) electrons. The van der Waals surface area contributed by atoms with Crippen LogP contribution in [0.1, 0.15) is 36.9 Å². The van der Waals surface area contributed by atoms with E-state index < -0.39 is 0 Å². The predicted molar refractivity (Wildman–Crippen MR) is 88.8 cm³/mol. The molecule has 21 heavy (non-hydrogen) atoms. The van der Waals surface area contributed by atoms with Crippen molar-refractivity contribution in [3.63, 3.8) is 0 Å². The van der Waals surface area contributed by atoms with E-state index in [0.29, 0.717) is 6.04 Å². The number of rotatable bonds is 8. The highest BCUT2D eigenvalue weighted by atomic mass is 16.5. The Labute approximate surface area is 128 Å². The van der Waals surface area contributed by atoms with Crippen LogP contribution in [0.4, 0.5) is 0 Å². The maximum Gasteiger partial charge on any atom is 0.119 e. The van der Waals surface area contributed by atoms with Crippen molar-refractivity contribution in [2.75, 3.05) is 13.7 Å². The molecule has 2 rings (SSSR count). The maximum atomic E-state index is 5.34. The van der Waals surface area contributed by atoms with Crippen molar-refractivity contribution >= 4 is 0 Å². The molecule has 0 saturated heterocycles. The number of nitrogens with one attached hydrogen (secondary N) is 1. The van der Waals surface area contributed by atoms with Crippen LogP contribution in [-0.4, -0.2) is 13.7 Å². The summed E-state index contributed by atoms with van der Waals surface area (Å²) in [7, 11) is 1.72. The fourth-order valence-corrected chi connectivity index (χ4v) is 2.52. The zero-order valence-corrected chi connectivity index (χ0v) is 13.0. The van der Waals surface area contributed by atoms with Gasteiger partial charge in [0.2, 0.25) is 0 Å². The largest absolute Gasteiger partial charge is 0.497 e. The second-order valence-electron chi connectivity index (χ2n) is 5.31. The first-order valence-corrected chi connectivity index (χ1v) is 7.74. The summed E-state index contributed by atoms with van der Waals surface area (Å²) in [4.78, 5) is 0. The molecule has 0 spiro atoms. The Morgan fingerprint density at radius 1 is 1.05 bits per heavy atom. The third-order valence-electron chi connectivity index (χ3n) is 3.70. The van der Waals surface area contributed by atoms with Crippen molar-refractivity contribution in [2.45, 2.75) is 32.2 Å². The third kappa shape index (κ3) is 4.91. The number of hydrogen-bond acceptors (Lipinski definition) is 2. The molecule has 112 valence electrons. The van der Waals surface area contributed by atoms with Crippen LogP contribution in [0.25, 0.3) is 0 Å². The average Bonchev–Trinajstić information content (AvgIpc) is 2.56. The van der Waals surface area contributed by atoms with Gasteiger partial charge >= 0.3 is 0 Å². The summed E-state index contributed by atoms with van der Waals surface area (Å²) in [5.41, 5.74) is 2.70. The van der Waals surface area contributed by atoms with Crippen molar-refractivity contribution in [1.29, 1.82) is 0 Å². The molecule has 0 aliphatic heterocycles. The Balaban J connectivity index is 2.06. The van der Waals surface area contributed by atoms with Crippen molar-refractivity contribution in [3.8, 4) is 5.75 Å². The highest BCUT2D eigenvalue weighted by Gasteiger charge is 2.11. The van der Waals surface area contributed by atoms with Crippen LogP contribution in [0.15, 0.2) is 54.6 Å². The predicted octanol–water partition coefficient (Wildman–Crippen LogP) is 4.37. The van der Waals surface area contributed by atoms with Gasteiger partial charge in [-0.1, -0.05) is 49.4 Å². The van der Waals surface area contributed by atoms with Gasteiger partial charge in [0.1, 0.15) is 5.75 Å². The Morgan fingerprint density at radius 2 is 1.86 bits per heavy atom. The van der Waals surface area contributed by atoms with E-state index in [4.69, 9.17) is 4.74 Å². The fourth-order valence-electron chi connectivity index (χ4n) is 2.52. The van der Waals surface area contributed by atoms with Gasteiger partial charge < -0.3 is 10.1 Å². The van der Waals surface area contributed by atoms with E-state index in [0.717, 1.165) is 31.6 Å². The van der Waals surface area contributed by atoms with Crippen molar-refractivity contribution in [1.82, 2.24) is 5.32 Å². The van der Waals surface area contributed by atoms with Crippen LogP contribution >= 0.6 is 0 Å². The summed E-state index contributed by atoms with van der Waals surface area (Å²) >= 11 is 0. The summed E-state index contributed by atoms with van der Waals surface area (Å²) < 4.78 is 5.34. The lowest BCUT2D eigenvalue weighted by Crippen LogP contribution is -2.22. The Bertz CT molecular complexity index is 524. The van der Waals surface area contributed by atoms with Crippen LogP contribution < -0.4 is 10.1 Å². The molecule has 0 fully saturated rings. The molecular formula is C19H25NO. The summed E-state index contributed by atoms with van der Waals surface area (Å²) in [6.07, 6.45) is 3.32. The number of hydrogen-bond donors (Lipinski definition) is 1. The van der Waals surface area contributed by atoms with Crippen LogP contribution in [0.2, 0.25) is 0 Å². The Morgan fingerprint density at radius 3 is 2.57 bits per heavy atom. The smallest absolute Gasteiger partial charge is 0.119 e. The third-order valence-corrected chi connectivity index (χ3v) is 3.70. The normalized spacial score (nSPS) is 12.1. The second kappa shape index (κ2) is 8.48. The first-order valence-electron chi connectivity index (χ1n) is 7.74. The molecule has 1 atom stereocenters. The Hall–Kier alpha value is -1.80. The van der Waals surface area contributed by atoms with E-state index in [9.17, 15) is 0 Å². The molecule has 1 unspecified atom stereocenters. The van der Waals surface area contributed by atoms with Gasteiger partial charge in [0.15, 0.2) is 0 Å². The summed E-state index contributed by atoms with van der Waals surface area (Å²) in [5.74, 6) is 0.926. The fraction of sp³-hybridized carbons (Fsp3) is 0.368. The molecule has 2 aromatic rings. The zero-order valence-electron chi connectivity index (χ0n) is 13.0. The minimum Gasteiger partial charge on any atom is -0.497 e. The zero-order chi connectivity index (χ0) is 14.9. The van der Waals surface area contributed by atoms with E-state index in [1.165, 1.54) is 11.1 Å². The molecule has 0 amide bonds. The van der Waals surface area contributed by atoms with Gasteiger partial charge in [-0.05, 0) is 49.1 Å². The monoisotopic (exact) mass is 283 g/mol. The van der Waals surface area contributed by atoms with Gasteiger partial charge in [0.05, 0.1) is 7.11 Å². The molecule has 0 bridgehead atoms. The minimum absolute atomic E-state index is 0.375. The summed E-state index contributed by atoms with van der Waals surface area (Å²) in [5, 5.41) is 3.65. The number of ether oxygens (including phenoxy) is 1. The summed E-state index contributed by atoms with van der Waals surface area (Å²) in [6.45, 7) is 3.24. The average molecular weight is 283 g/mol. The van der Waals surface area contributed by atoms with Gasteiger partial charge in [-0.2, -0.15) is 0 Å². The van der Waals surface area contributed by atoms with E-state index >= 15 is 0 Å². The molecule has 2 aromatic carbocycles. The second-order valence-corrected chi connectivity index (χ2v) is 5.31. The lowest BCUT2D eigenvalue weighted by molar-refractivity contribution is 0.412. The lowest BCUT2D eigenvalue weighted by atomic mass is 9.98. The van der Waals surface area contributed by atoms with Gasteiger partial charge in [0.25, 0.3) is 0 Å². The number of benzene rings is 2. The molecule has 0 saturated carbocycles.